The molecular weight excluding hydrogens is 242 g/mol. The summed E-state index contributed by atoms with van der Waals surface area (Å²) >= 11 is 1.30. The van der Waals surface area contributed by atoms with Crippen molar-refractivity contribution >= 4 is 32.8 Å². The van der Waals surface area contributed by atoms with Gasteiger partial charge in [0.15, 0.2) is 5.13 Å². The van der Waals surface area contributed by atoms with E-state index < -0.39 is 0 Å². The van der Waals surface area contributed by atoms with E-state index in [-0.39, 0.29) is 19.2 Å². The zero-order chi connectivity index (χ0) is 12.3. The SMILES string of the molecule is CC(=O)OCCOc1ccc2nc(N)sc2n1. The summed E-state index contributed by atoms with van der Waals surface area (Å²) in [6.07, 6.45) is 0. The molecule has 2 N–H and O–H groups in total. The zero-order valence-electron chi connectivity index (χ0n) is 9.17. The average Bonchev–Trinajstić information content (AvgIpc) is 2.63. The van der Waals surface area contributed by atoms with Gasteiger partial charge in [0, 0.05) is 13.0 Å². The van der Waals surface area contributed by atoms with Crippen molar-refractivity contribution < 1.29 is 14.3 Å². The summed E-state index contributed by atoms with van der Waals surface area (Å²) in [6, 6.07) is 3.49. The van der Waals surface area contributed by atoms with Crippen molar-refractivity contribution in [3.05, 3.63) is 12.1 Å². The summed E-state index contributed by atoms with van der Waals surface area (Å²) in [7, 11) is 0. The van der Waals surface area contributed by atoms with E-state index >= 15 is 0 Å². The molecule has 0 radical (unpaired) electrons. The first kappa shape index (κ1) is 11.6. The second-order valence-corrected chi connectivity index (χ2v) is 4.22. The molecule has 0 aliphatic heterocycles. The third-order valence-corrected chi connectivity index (χ3v) is 2.68. The smallest absolute Gasteiger partial charge is 0.302 e. The van der Waals surface area contributed by atoms with Crippen molar-refractivity contribution in [2.24, 2.45) is 0 Å². The van der Waals surface area contributed by atoms with Crippen LogP contribution in [0.4, 0.5) is 5.13 Å². The van der Waals surface area contributed by atoms with Crippen LogP contribution in [-0.4, -0.2) is 29.2 Å². The van der Waals surface area contributed by atoms with Crippen LogP contribution in [0.15, 0.2) is 12.1 Å². The highest BCUT2D eigenvalue weighted by molar-refractivity contribution is 7.21. The summed E-state index contributed by atoms with van der Waals surface area (Å²) in [6.45, 7) is 1.83. The number of nitrogen functional groups attached to an aromatic ring is 1. The van der Waals surface area contributed by atoms with Gasteiger partial charge in [0.1, 0.15) is 23.6 Å². The molecule has 0 bridgehead atoms. The van der Waals surface area contributed by atoms with Crippen molar-refractivity contribution in [2.75, 3.05) is 18.9 Å². The van der Waals surface area contributed by atoms with E-state index in [0.717, 1.165) is 10.3 Å². The molecule has 0 fully saturated rings. The first-order valence-electron chi connectivity index (χ1n) is 4.94. The summed E-state index contributed by atoms with van der Waals surface area (Å²) < 4.78 is 10.1. The predicted molar refractivity (Wildman–Crippen MR) is 64.0 cm³/mol. The second-order valence-electron chi connectivity index (χ2n) is 3.21. The molecule has 0 saturated heterocycles. The normalized spacial score (nSPS) is 10.4. The molecule has 2 rings (SSSR count). The number of thiazole rings is 1. The number of carbonyl (C=O) groups excluding carboxylic acids is 1. The minimum absolute atomic E-state index is 0.208. The van der Waals surface area contributed by atoms with Crippen molar-refractivity contribution in [2.45, 2.75) is 6.92 Å². The molecule has 0 atom stereocenters. The molecule has 90 valence electrons. The van der Waals surface area contributed by atoms with E-state index in [2.05, 4.69) is 9.97 Å². The van der Waals surface area contributed by atoms with E-state index in [9.17, 15) is 4.79 Å². The Balaban J connectivity index is 1.96. The highest BCUT2D eigenvalue weighted by Crippen LogP contribution is 2.23. The van der Waals surface area contributed by atoms with Gasteiger partial charge < -0.3 is 15.2 Å². The predicted octanol–water partition coefficient (Wildman–Crippen LogP) is 1.22. The Morgan fingerprint density at radius 2 is 2.24 bits per heavy atom. The van der Waals surface area contributed by atoms with Crippen LogP contribution in [0.5, 0.6) is 5.88 Å². The fourth-order valence-electron chi connectivity index (χ4n) is 1.23. The third-order valence-electron chi connectivity index (χ3n) is 1.89. The summed E-state index contributed by atoms with van der Waals surface area (Å²) in [5, 5.41) is 0.476. The Labute approximate surface area is 101 Å². The molecule has 2 aromatic heterocycles. The Bertz CT molecular complexity index is 541. The lowest BCUT2D eigenvalue weighted by Gasteiger charge is -2.04. The maximum Gasteiger partial charge on any atom is 0.302 e. The van der Waals surface area contributed by atoms with Crippen LogP contribution >= 0.6 is 11.3 Å². The maximum atomic E-state index is 10.5. The second kappa shape index (κ2) is 4.96. The van der Waals surface area contributed by atoms with Crippen LogP contribution in [0.3, 0.4) is 0 Å². The number of pyridine rings is 1. The fraction of sp³-hybridized carbons (Fsp3) is 0.300. The van der Waals surface area contributed by atoms with Gasteiger partial charge in [-0.1, -0.05) is 11.3 Å². The van der Waals surface area contributed by atoms with E-state index in [4.69, 9.17) is 15.2 Å². The first-order valence-corrected chi connectivity index (χ1v) is 5.76. The molecule has 2 heterocycles. The number of fused-ring (bicyclic) bond motifs is 1. The molecular formula is C10H11N3O3S. The van der Waals surface area contributed by atoms with E-state index in [1.165, 1.54) is 18.3 Å². The molecule has 17 heavy (non-hydrogen) atoms. The van der Waals surface area contributed by atoms with E-state index in [1.807, 2.05) is 0 Å². The number of rotatable bonds is 4. The third kappa shape index (κ3) is 3.04. The van der Waals surface area contributed by atoms with Crippen molar-refractivity contribution in [1.82, 2.24) is 9.97 Å². The number of anilines is 1. The number of esters is 1. The van der Waals surface area contributed by atoms with Crippen LogP contribution in [0.25, 0.3) is 10.3 Å². The molecule has 0 spiro atoms. The molecule has 7 heteroatoms. The monoisotopic (exact) mass is 253 g/mol. The number of carbonyl (C=O) groups is 1. The Morgan fingerprint density at radius 3 is 3.00 bits per heavy atom. The molecule has 2 aromatic rings. The molecule has 0 aliphatic carbocycles. The molecule has 6 nitrogen and oxygen atoms in total. The number of hydrogen-bond acceptors (Lipinski definition) is 7. The lowest BCUT2D eigenvalue weighted by molar-refractivity contribution is -0.141. The first-order chi connectivity index (χ1) is 8.15. The summed E-state index contributed by atoms with van der Waals surface area (Å²) in [5.74, 6) is 0.139. The van der Waals surface area contributed by atoms with Gasteiger partial charge in [-0.15, -0.1) is 0 Å². The van der Waals surface area contributed by atoms with Gasteiger partial charge in [-0.2, -0.15) is 0 Å². The van der Waals surface area contributed by atoms with Crippen LogP contribution in [0.1, 0.15) is 6.92 Å². The summed E-state index contributed by atoms with van der Waals surface area (Å²) in [5.41, 5.74) is 6.31. The van der Waals surface area contributed by atoms with Crippen molar-refractivity contribution in [3.63, 3.8) is 0 Å². The van der Waals surface area contributed by atoms with Crippen LogP contribution < -0.4 is 10.5 Å². The maximum absolute atomic E-state index is 10.5. The lowest BCUT2D eigenvalue weighted by atomic mass is 10.4. The van der Waals surface area contributed by atoms with Crippen LogP contribution in [0, 0.1) is 0 Å². The van der Waals surface area contributed by atoms with Gasteiger partial charge >= 0.3 is 5.97 Å². The minimum Gasteiger partial charge on any atom is -0.474 e. The fourth-order valence-corrected chi connectivity index (χ4v) is 1.92. The van der Waals surface area contributed by atoms with E-state index in [0.29, 0.717) is 11.0 Å². The topological polar surface area (TPSA) is 87.3 Å². The highest BCUT2D eigenvalue weighted by Gasteiger charge is 2.04. The molecule has 0 aromatic carbocycles. The minimum atomic E-state index is -0.327. The Kier molecular flexibility index (Phi) is 3.38. The lowest BCUT2D eigenvalue weighted by Crippen LogP contribution is -2.09. The molecule has 0 unspecified atom stereocenters. The summed E-state index contributed by atoms with van der Waals surface area (Å²) in [4.78, 5) is 19.6. The van der Waals surface area contributed by atoms with Gasteiger partial charge in [0.05, 0.1) is 0 Å². The van der Waals surface area contributed by atoms with Crippen LogP contribution in [-0.2, 0) is 9.53 Å². The highest BCUT2D eigenvalue weighted by atomic mass is 32.1. The van der Waals surface area contributed by atoms with Gasteiger partial charge in [0.2, 0.25) is 5.88 Å². The Morgan fingerprint density at radius 1 is 1.41 bits per heavy atom. The van der Waals surface area contributed by atoms with Gasteiger partial charge in [-0.3, -0.25) is 4.79 Å². The number of ether oxygens (including phenoxy) is 2. The average molecular weight is 253 g/mol. The molecule has 0 aliphatic rings. The standard InChI is InChI=1S/C10H11N3O3S/c1-6(14)15-4-5-16-8-3-2-7-9(13-8)17-10(11)12-7/h2-3H,4-5H2,1H3,(H2,11,12). The largest absolute Gasteiger partial charge is 0.474 e. The Hall–Kier alpha value is -1.89. The number of aromatic nitrogens is 2. The van der Waals surface area contributed by atoms with Crippen LogP contribution in [0.2, 0.25) is 0 Å². The van der Waals surface area contributed by atoms with Gasteiger partial charge in [-0.05, 0) is 6.07 Å². The van der Waals surface area contributed by atoms with Gasteiger partial charge in [-0.25, -0.2) is 9.97 Å². The van der Waals surface area contributed by atoms with Crippen molar-refractivity contribution in [3.8, 4) is 5.88 Å². The number of hydrogen-bond donors (Lipinski definition) is 1. The molecule has 0 saturated carbocycles. The van der Waals surface area contributed by atoms with E-state index in [1.54, 1.807) is 12.1 Å². The van der Waals surface area contributed by atoms with Crippen molar-refractivity contribution in [1.29, 1.82) is 0 Å². The quantitative estimate of drug-likeness (QED) is 0.651. The van der Waals surface area contributed by atoms with Gasteiger partial charge in [0.25, 0.3) is 0 Å². The number of nitrogens with two attached hydrogens (primary N) is 1. The molecule has 0 amide bonds. The number of nitrogens with zero attached hydrogens (tertiary/aromatic N) is 2. The zero-order valence-corrected chi connectivity index (χ0v) is 9.99.